The van der Waals surface area contributed by atoms with Gasteiger partial charge in [-0.3, -0.25) is 4.79 Å². The molecule has 1 aromatic heterocycles. The molecule has 0 unspecified atom stereocenters. The maximum Gasteiger partial charge on any atom is 0.276 e. The summed E-state index contributed by atoms with van der Waals surface area (Å²) in [5.74, 6) is -0.452. The van der Waals surface area contributed by atoms with Crippen molar-refractivity contribution in [2.75, 3.05) is 18.8 Å². The van der Waals surface area contributed by atoms with E-state index in [1.54, 1.807) is 36.5 Å². The zero-order valence-electron chi connectivity index (χ0n) is 11.1. The topological polar surface area (TPSA) is 112 Å². The number of nitriles is 2. The van der Waals surface area contributed by atoms with Gasteiger partial charge in [-0.2, -0.15) is 15.6 Å². The van der Waals surface area contributed by atoms with E-state index < -0.39 is 5.91 Å². The van der Waals surface area contributed by atoms with E-state index in [0.29, 0.717) is 5.69 Å². The molecule has 1 heterocycles. The average Bonchev–Trinajstić information content (AvgIpc) is 2.97. The minimum absolute atomic E-state index is 0.152. The summed E-state index contributed by atoms with van der Waals surface area (Å²) in [6.45, 7) is -0.303. The molecule has 0 spiro atoms. The fourth-order valence-electron chi connectivity index (χ4n) is 1.74. The molecule has 104 valence electrons. The van der Waals surface area contributed by atoms with Gasteiger partial charge in [0.25, 0.3) is 5.91 Å². The SMILES string of the molecule is N#CCN(CC#N)C(=O)c1ccn(-c2ccc(N)cc2)n1. The van der Waals surface area contributed by atoms with Crippen LogP contribution in [-0.4, -0.2) is 33.7 Å². The first-order chi connectivity index (χ1) is 10.2. The van der Waals surface area contributed by atoms with Gasteiger partial charge in [-0.05, 0) is 30.3 Å². The Kier molecular flexibility index (Phi) is 4.17. The van der Waals surface area contributed by atoms with Crippen molar-refractivity contribution in [3.63, 3.8) is 0 Å². The van der Waals surface area contributed by atoms with Gasteiger partial charge in [0.05, 0.1) is 17.8 Å². The van der Waals surface area contributed by atoms with Crippen molar-refractivity contribution < 1.29 is 4.79 Å². The molecule has 2 aromatic rings. The predicted octanol–water partition coefficient (Wildman–Crippen LogP) is 0.944. The van der Waals surface area contributed by atoms with E-state index in [9.17, 15) is 4.79 Å². The Morgan fingerprint density at radius 3 is 2.38 bits per heavy atom. The Balaban J connectivity index is 2.23. The second-order valence-corrected chi connectivity index (χ2v) is 4.21. The average molecular weight is 280 g/mol. The van der Waals surface area contributed by atoms with Gasteiger partial charge < -0.3 is 10.6 Å². The summed E-state index contributed by atoms with van der Waals surface area (Å²) in [5, 5.41) is 21.5. The van der Waals surface area contributed by atoms with Crippen LogP contribution in [-0.2, 0) is 0 Å². The predicted molar refractivity (Wildman–Crippen MR) is 75.1 cm³/mol. The lowest BCUT2D eigenvalue weighted by Crippen LogP contribution is -2.32. The first-order valence-corrected chi connectivity index (χ1v) is 6.10. The number of anilines is 1. The number of hydrogen-bond acceptors (Lipinski definition) is 5. The third kappa shape index (κ3) is 3.17. The monoisotopic (exact) mass is 280 g/mol. The fraction of sp³-hybridized carbons (Fsp3) is 0.143. The molecule has 2 rings (SSSR count). The quantitative estimate of drug-likeness (QED) is 0.661. The van der Waals surface area contributed by atoms with Gasteiger partial charge in [0.1, 0.15) is 13.1 Å². The molecule has 0 radical (unpaired) electrons. The van der Waals surface area contributed by atoms with E-state index in [4.69, 9.17) is 16.3 Å². The molecular weight excluding hydrogens is 268 g/mol. The van der Waals surface area contributed by atoms with E-state index >= 15 is 0 Å². The summed E-state index contributed by atoms with van der Waals surface area (Å²) in [6.07, 6.45) is 1.63. The maximum atomic E-state index is 12.2. The van der Waals surface area contributed by atoms with Crippen molar-refractivity contribution in [3.05, 3.63) is 42.2 Å². The second kappa shape index (κ2) is 6.22. The first-order valence-electron chi connectivity index (χ1n) is 6.10. The third-order valence-electron chi connectivity index (χ3n) is 2.78. The Labute approximate surface area is 121 Å². The summed E-state index contributed by atoms with van der Waals surface area (Å²) in [6, 6.07) is 12.3. The molecule has 0 aliphatic rings. The molecule has 0 fully saturated rings. The van der Waals surface area contributed by atoms with Gasteiger partial charge in [0.2, 0.25) is 0 Å². The Morgan fingerprint density at radius 1 is 1.19 bits per heavy atom. The van der Waals surface area contributed by atoms with Crippen LogP contribution in [0.4, 0.5) is 5.69 Å². The van der Waals surface area contributed by atoms with E-state index in [2.05, 4.69) is 5.10 Å². The molecular formula is C14H12N6O. The van der Waals surface area contributed by atoms with Crippen molar-refractivity contribution in [1.82, 2.24) is 14.7 Å². The summed E-state index contributed by atoms with van der Waals surface area (Å²) < 4.78 is 1.53. The number of rotatable bonds is 4. The van der Waals surface area contributed by atoms with Crippen LogP contribution in [0.25, 0.3) is 5.69 Å². The first kappa shape index (κ1) is 14.1. The molecule has 7 heteroatoms. The minimum atomic E-state index is -0.452. The highest BCUT2D eigenvalue weighted by atomic mass is 16.2. The molecule has 1 aromatic carbocycles. The minimum Gasteiger partial charge on any atom is -0.399 e. The van der Waals surface area contributed by atoms with Crippen molar-refractivity contribution in [2.24, 2.45) is 0 Å². The van der Waals surface area contributed by atoms with E-state index in [1.807, 2.05) is 12.1 Å². The van der Waals surface area contributed by atoms with Gasteiger partial charge in [-0.15, -0.1) is 0 Å². The fourth-order valence-corrected chi connectivity index (χ4v) is 1.74. The summed E-state index contributed by atoms with van der Waals surface area (Å²) in [7, 11) is 0. The van der Waals surface area contributed by atoms with Crippen LogP contribution in [0, 0.1) is 22.7 Å². The molecule has 0 saturated heterocycles. The number of benzene rings is 1. The van der Waals surface area contributed by atoms with Crippen LogP contribution in [0.2, 0.25) is 0 Å². The summed E-state index contributed by atoms with van der Waals surface area (Å²) in [5.41, 5.74) is 7.19. The Bertz CT molecular complexity index is 703. The number of amides is 1. The molecule has 0 aliphatic carbocycles. The van der Waals surface area contributed by atoms with Crippen LogP contribution in [0.1, 0.15) is 10.5 Å². The van der Waals surface area contributed by atoms with Gasteiger partial charge in [0.15, 0.2) is 5.69 Å². The number of aromatic nitrogens is 2. The summed E-state index contributed by atoms with van der Waals surface area (Å²) >= 11 is 0. The normalized spacial score (nSPS) is 9.62. The smallest absolute Gasteiger partial charge is 0.276 e. The number of nitrogen functional groups attached to an aromatic ring is 1. The largest absolute Gasteiger partial charge is 0.399 e. The van der Waals surface area contributed by atoms with Crippen LogP contribution in [0.5, 0.6) is 0 Å². The molecule has 0 saturated carbocycles. The lowest BCUT2D eigenvalue weighted by molar-refractivity contribution is 0.0788. The van der Waals surface area contributed by atoms with Gasteiger partial charge in [0, 0.05) is 11.9 Å². The van der Waals surface area contributed by atoms with Gasteiger partial charge in [-0.1, -0.05) is 0 Å². The number of hydrogen-bond donors (Lipinski definition) is 1. The Morgan fingerprint density at radius 2 is 1.81 bits per heavy atom. The molecule has 21 heavy (non-hydrogen) atoms. The number of carbonyl (C=O) groups excluding carboxylic acids is 1. The van der Waals surface area contributed by atoms with Crippen molar-refractivity contribution in [2.45, 2.75) is 0 Å². The molecule has 2 N–H and O–H groups in total. The van der Waals surface area contributed by atoms with Crippen LogP contribution < -0.4 is 5.73 Å². The highest BCUT2D eigenvalue weighted by Crippen LogP contribution is 2.11. The van der Waals surface area contributed by atoms with Crippen molar-refractivity contribution in [1.29, 1.82) is 10.5 Å². The second-order valence-electron chi connectivity index (χ2n) is 4.21. The van der Waals surface area contributed by atoms with Crippen LogP contribution >= 0.6 is 0 Å². The van der Waals surface area contributed by atoms with Gasteiger partial charge in [-0.25, -0.2) is 4.68 Å². The number of carbonyl (C=O) groups is 1. The molecule has 0 bridgehead atoms. The molecule has 0 aliphatic heterocycles. The standard InChI is InChI=1S/C14H12N6O/c15-6-9-19(10-7-16)14(21)13-5-8-20(18-13)12-3-1-11(17)2-4-12/h1-5,8H,9-10,17H2. The van der Waals surface area contributed by atoms with Gasteiger partial charge >= 0.3 is 0 Å². The zero-order valence-corrected chi connectivity index (χ0v) is 11.1. The van der Waals surface area contributed by atoms with Crippen LogP contribution in [0.15, 0.2) is 36.5 Å². The van der Waals surface area contributed by atoms with E-state index in [-0.39, 0.29) is 18.8 Å². The molecule has 0 atom stereocenters. The lowest BCUT2D eigenvalue weighted by atomic mass is 10.3. The van der Waals surface area contributed by atoms with Crippen LogP contribution in [0.3, 0.4) is 0 Å². The summed E-state index contributed by atoms with van der Waals surface area (Å²) in [4.78, 5) is 13.3. The molecule has 1 amide bonds. The Hall–Kier alpha value is -3.32. The van der Waals surface area contributed by atoms with Crippen molar-refractivity contribution in [3.8, 4) is 17.8 Å². The van der Waals surface area contributed by atoms with E-state index in [0.717, 1.165) is 10.6 Å². The highest BCUT2D eigenvalue weighted by molar-refractivity contribution is 5.92. The van der Waals surface area contributed by atoms with Crippen molar-refractivity contribution >= 4 is 11.6 Å². The maximum absolute atomic E-state index is 12.2. The third-order valence-corrected chi connectivity index (χ3v) is 2.78. The zero-order chi connectivity index (χ0) is 15.2. The highest BCUT2D eigenvalue weighted by Gasteiger charge is 2.18. The number of nitrogens with two attached hydrogens (primary N) is 1. The lowest BCUT2D eigenvalue weighted by Gasteiger charge is -2.13. The van der Waals surface area contributed by atoms with E-state index in [1.165, 1.54) is 4.68 Å². The number of nitrogens with zero attached hydrogens (tertiary/aromatic N) is 5. The molecule has 7 nitrogen and oxygen atoms in total.